The number of hydrogen-bond donors (Lipinski definition) is 1. The van der Waals surface area contributed by atoms with E-state index in [0.29, 0.717) is 6.10 Å². The molecule has 2 fully saturated rings. The van der Waals surface area contributed by atoms with Gasteiger partial charge in [-0.05, 0) is 38.9 Å². The zero-order valence-electron chi connectivity index (χ0n) is 11.0. The van der Waals surface area contributed by atoms with Gasteiger partial charge in [0.2, 0.25) is 0 Å². The first-order valence-electron chi connectivity index (χ1n) is 7.03. The minimum Gasteiger partial charge on any atom is -0.376 e. The van der Waals surface area contributed by atoms with E-state index < -0.39 is 0 Å². The van der Waals surface area contributed by atoms with Crippen molar-refractivity contribution in [3.05, 3.63) is 0 Å². The Bertz CT molecular complexity index is 200. The topological polar surface area (TPSA) is 33.7 Å². The second-order valence-corrected chi connectivity index (χ2v) is 5.10. The first-order valence-corrected chi connectivity index (χ1v) is 7.03. The smallest absolute Gasteiger partial charge is 0.0936 e. The highest BCUT2D eigenvalue weighted by Gasteiger charge is 2.22. The summed E-state index contributed by atoms with van der Waals surface area (Å²) in [6, 6.07) is 0.731. The van der Waals surface area contributed by atoms with Gasteiger partial charge in [0, 0.05) is 12.6 Å². The predicted octanol–water partition coefficient (Wildman–Crippen LogP) is 0.866. The highest BCUT2D eigenvalue weighted by Crippen LogP contribution is 2.12. The number of nitrogens with one attached hydrogen (secondary N) is 1. The van der Waals surface area contributed by atoms with Gasteiger partial charge in [-0.25, -0.2) is 0 Å². The van der Waals surface area contributed by atoms with Crippen molar-refractivity contribution in [2.75, 3.05) is 46.0 Å². The van der Waals surface area contributed by atoms with Crippen molar-refractivity contribution in [3.8, 4) is 0 Å². The Labute approximate surface area is 105 Å². The molecule has 2 saturated heterocycles. The maximum atomic E-state index is 5.69. The van der Waals surface area contributed by atoms with Crippen molar-refractivity contribution < 1.29 is 9.47 Å². The molecule has 0 bridgehead atoms. The number of nitrogens with zero attached hydrogens (tertiary/aromatic N) is 1. The van der Waals surface area contributed by atoms with Crippen LogP contribution in [-0.4, -0.2) is 63.0 Å². The Morgan fingerprint density at radius 2 is 2.06 bits per heavy atom. The van der Waals surface area contributed by atoms with Crippen molar-refractivity contribution in [1.29, 1.82) is 0 Å². The van der Waals surface area contributed by atoms with Crippen molar-refractivity contribution >= 4 is 0 Å². The third-order valence-corrected chi connectivity index (χ3v) is 3.62. The quantitative estimate of drug-likeness (QED) is 0.775. The Kier molecular flexibility index (Phi) is 5.71. The highest BCUT2D eigenvalue weighted by atomic mass is 16.6. The number of piperidine rings is 1. The first kappa shape index (κ1) is 13.3. The standard InChI is InChI=1S/C13H26N2O2/c1-2-5-14-12-3-6-15(7-4-12)10-13-11-16-8-9-17-13/h12-14H,2-11H2,1H3. The Balaban J connectivity index is 1.61. The Hall–Kier alpha value is -0.160. The van der Waals surface area contributed by atoms with E-state index in [4.69, 9.17) is 9.47 Å². The average molecular weight is 242 g/mol. The lowest BCUT2D eigenvalue weighted by Gasteiger charge is -2.35. The molecule has 0 saturated carbocycles. The molecule has 0 aromatic rings. The summed E-state index contributed by atoms with van der Waals surface area (Å²) in [7, 11) is 0. The fraction of sp³-hybridized carbons (Fsp3) is 1.00. The highest BCUT2D eigenvalue weighted by molar-refractivity contribution is 4.79. The molecule has 4 nitrogen and oxygen atoms in total. The van der Waals surface area contributed by atoms with Crippen LogP contribution in [0.4, 0.5) is 0 Å². The number of rotatable bonds is 5. The van der Waals surface area contributed by atoms with E-state index in [1.807, 2.05) is 0 Å². The monoisotopic (exact) mass is 242 g/mol. The van der Waals surface area contributed by atoms with E-state index in [1.165, 1.54) is 32.4 Å². The zero-order chi connectivity index (χ0) is 11.9. The van der Waals surface area contributed by atoms with Gasteiger partial charge < -0.3 is 19.7 Å². The van der Waals surface area contributed by atoms with E-state index in [-0.39, 0.29) is 0 Å². The van der Waals surface area contributed by atoms with Crippen LogP contribution in [-0.2, 0) is 9.47 Å². The molecule has 0 aliphatic carbocycles. The molecule has 0 amide bonds. The summed E-state index contributed by atoms with van der Waals surface area (Å²) in [4.78, 5) is 2.52. The fourth-order valence-corrected chi connectivity index (χ4v) is 2.60. The third-order valence-electron chi connectivity index (χ3n) is 3.62. The van der Waals surface area contributed by atoms with E-state index in [9.17, 15) is 0 Å². The maximum Gasteiger partial charge on any atom is 0.0936 e. The van der Waals surface area contributed by atoms with E-state index in [1.54, 1.807) is 0 Å². The summed E-state index contributed by atoms with van der Waals surface area (Å²) in [6.07, 6.45) is 4.07. The molecule has 17 heavy (non-hydrogen) atoms. The van der Waals surface area contributed by atoms with Crippen LogP contribution in [0.15, 0.2) is 0 Å². The van der Waals surface area contributed by atoms with Gasteiger partial charge in [0.05, 0.1) is 25.9 Å². The molecule has 2 aliphatic rings. The van der Waals surface area contributed by atoms with Crippen LogP contribution >= 0.6 is 0 Å². The summed E-state index contributed by atoms with van der Waals surface area (Å²) in [5, 5.41) is 3.61. The van der Waals surface area contributed by atoms with Crippen LogP contribution < -0.4 is 5.32 Å². The van der Waals surface area contributed by atoms with Crippen molar-refractivity contribution in [1.82, 2.24) is 10.2 Å². The van der Waals surface area contributed by atoms with Gasteiger partial charge in [0.15, 0.2) is 0 Å². The molecule has 2 heterocycles. The van der Waals surface area contributed by atoms with Gasteiger partial charge >= 0.3 is 0 Å². The van der Waals surface area contributed by atoms with Gasteiger partial charge in [-0.3, -0.25) is 0 Å². The molecule has 0 radical (unpaired) electrons. The van der Waals surface area contributed by atoms with E-state index >= 15 is 0 Å². The first-order chi connectivity index (χ1) is 8.38. The summed E-state index contributed by atoms with van der Waals surface area (Å²) in [5.41, 5.74) is 0. The lowest BCUT2D eigenvalue weighted by Crippen LogP contribution is -2.47. The molecular formula is C13H26N2O2. The molecule has 0 aromatic carbocycles. The van der Waals surface area contributed by atoms with Gasteiger partial charge in [0.1, 0.15) is 0 Å². The largest absolute Gasteiger partial charge is 0.376 e. The van der Waals surface area contributed by atoms with Crippen LogP contribution in [0, 0.1) is 0 Å². The van der Waals surface area contributed by atoms with E-state index in [2.05, 4.69) is 17.1 Å². The van der Waals surface area contributed by atoms with Crippen LogP contribution in [0.25, 0.3) is 0 Å². The molecule has 4 heteroatoms. The lowest BCUT2D eigenvalue weighted by atomic mass is 10.0. The zero-order valence-corrected chi connectivity index (χ0v) is 11.0. The number of hydrogen-bond acceptors (Lipinski definition) is 4. The van der Waals surface area contributed by atoms with Crippen molar-refractivity contribution in [2.45, 2.75) is 38.3 Å². The normalized spacial score (nSPS) is 28.4. The van der Waals surface area contributed by atoms with Gasteiger partial charge in [0.25, 0.3) is 0 Å². The second kappa shape index (κ2) is 7.31. The molecule has 2 rings (SSSR count). The SMILES string of the molecule is CCCNC1CCN(CC2COCCO2)CC1. The molecule has 0 spiro atoms. The van der Waals surface area contributed by atoms with Crippen LogP contribution in [0.1, 0.15) is 26.2 Å². The van der Waals surface area contributed by atoms with Gasteiger partial charge in [-0.1, -0.05) is 6.92 Å². The average Bonchev–Trinajstić information content (AvgIpc) is 2.39. The Morgan fingerprint density at radius 1 is 1.24 bits per heavy atom. The second-order valence-electron chi connectivity index (χ2n) is 5.10. The van der Waals surface area contributed by atoms with Crippen LogP contribution in [0.3, 0.4) is 0 Å². The lowest BCUT2D eigenvalue weighted by molar-refractivity contribution is -0.0989. The summed E-state index contributed by atoms with van der Waals surface area (Å²) in [6.45, 7) is 9.11. The fourth-order valence-electron chi connectivity index (χ4n) is 2.60. The van der Waals surface area contributed by atoms with Gasteiger partial charge in [-0.2, -0.15) is 0 Å². The third kappa shape index (κ3) is 4.54. The molecule has 1 unspecified atom stereocenters. The van der Waals surface area contributed by atoms with Crippen molar-refractivity contribution in [2.24, 2.45) is 0 Å². The van der Waals surface area contributed by atoms with Gasteiger partial charge in [-0.15, -0.1) is 0 Å². The predicted molar refractivity (Wildman–Crippen MR) is 68.3 cm³/mol. The minimum absolute atomic E-state index is 0.295. The summed E-state index contributed by atoms with van der Waals surface area (Å²) < 4.78 is 11.1. The van der Waals surface area contributed by atoms with Crippen molar-refractivity contribution in [3.63, 3.8) is 0 Å². The number of ether oxygens (including phenoxy) is 2. The maximum absolute atomic E-state index is 5.69. The molecule has 100 valence electrons. The van der Waals surface area contributed by atoms with E-state index in [0.717, 1.165) is 39.0 Å². The summed E-state index contributed by atoms with van der Waals surface area (Å²) >= 11 is 0. The number of likely N-dealkylation sites (tertiary alicyclic amines) is 1. The molecule has 0 aromatic heterocycles. The van der Waals surface area contributed by atoms with Crippen LogP contribution in [0.2, 0.25) is 0 Å². The Morgan fingerprint density at radius 3 is 2.71 bits per heavy atom. The molecule has 1 N–H and O–H groups in total. The minimum atomic E-state index is 0.295. The summed E-state index contributed by atoms with van der Waals surface area (Å²) in [5.74, 6) is 0. The molecule has 1 atom stereocenters. The molecular weight excluding hydrogens is 216 g/mol. The molecule has 2 aliphatic heterocycles. The van der Waals surface area contributed by atoms with Crippen LogP contribution in [0.5, 0.6) is 0 Å².